The van der Waals surface area contributed by atoms with Crippen molar-refractivity contribution in [3.8, 4) is 11.5 Å². The van der Waals surface area contributed by atoms with Crippen molar-refractivity contribution in [2.45, 2.75) is 85.0 Å². The van der Waals surface area contributed by atoms with Crippen molar-refractivity contribution in [2.75, 3.05) is 0 Å². The number of aromatic hydroxyl groups is 2. The van der Waals surface area contributed by atoms with Crippen molar-refractivity contribution in [3.05, 3.63) is 22.8 Å². The Kier molecular flexibility index (Phi) is 5.35. The molecule has 0 amide bonds. The van der Waals surface area contributed by atoms with Gasteiger partial charge in [0.2, 0.25) is 0 Å². The fourth-order valence-electron chi connectivity index (χ4n) is 2.88. The van der Waals surface area contributed by atoms with Crippen LogP contribution in [0.1, 0.15) is 84.4 Å². The molecule has 2 N–H and O–H groups in total. The van der Waals surface area contributed by atoms with E-state index in [-0.39, 0.29) is 10.8 Å². The van der Waals surface area contributed by atoms with Gasteiger partial charge in [-0.25, -0.2) is 0 Å². The fourth-order valence-corrected chi connectivity index (χ4v) is 2.88. The molecular formula is C19H32O2. The Morgan fingerprint density at radius 1 is 0.905 bits per heavy atom. The van der Waals surface area contributed by atoms with Crippen LogP contribution in [-0.2, 0) is 17.3 Å². The highest BCUT2D eigenvalue weighted by atomic mass is 16.3. The minimum absolute atomic E-state index is 0.190. The summed E-state index contributed by atoms with van der Waals surface area (Å²) in [5.41, 5.74) is 2.27. The summed E-state index contributed by atoms with van der Waals surface area (Å²) >= 11 is 0. The molecule has 0 aliphatic heterocycles. The Morgan fingerprint density at radius 3 is 1.90 bits per heavy atom. The van der Waals surface area contributed by atoms with Gasteiger partial charge in [-0.15, -0.1) is 0 Å². The van der Waals surface area contributed by atoms with Crippen molar-refractivity contribution in [1.82, 2.24) is 0 Å². The predicted octanol–water partition coefficient (Wildman–Crippen LogP) is 5.43. The molecule has 0 spiro atoms. The minimum Gasteiger partial charge on any atom is -0.508 e. The highest BCUT2D eigenvalue weighted by Gasteiger charge is 2.30. The Balaban J connectivity index is 3.47. The van der Waals surface area contributed by atoms with Crippen LogP contribution in [-0.4, -0.2) is 10.2 Å². The molecule has 0 bridgehead atoms. The van der Waals surface area contributed by atoms with Gasteiger partial charge in [0.1, 0.15) is 11.5 Å². The third-order valence-corrected chi connectivity index (χ3v) is 3.97. The van der Waals surface area contributed by atoms with E-state index in [1.54, 1.807) is 6.07 Å². The summed E-state index contributed by atoms with van der Waals surface area (Å²) in [6.07, 6.45) is 4.16. The first-order valence-corrected chi connectivity index (χ1v) is 8.09. The van der Waals surface area contributed by atoms with Crippen LogP contribution in [0.5, 0.6) is 11.5 Å². The van der Waals surface area contributed by atoms with Gasteiger partial charge in [-0.2, -0.15) is 0 Å². The van der Waals surface area contributed by atoms with E-state index >= 15 is 0 Å². The molecule has 0 saturated carbocycles. The van der Waals surface area contributed by atoms with Gasteiger partial charge in [0, 0.05) is 16.7 Å². The van der Waals surface area contributed by atoms with Gasteiger partial charge in [-0.1, -0.05) is 61.3 Å². The smallest absolute Gasteiger partial charge is 0.123 e. The van der Waals surface area contributed by atoms with Crippen molar-refractivity contribution >= 4 is 0 Å². The topological polar surface area (TPSA) is 40.5 Å². The highest BCUT2D eigenvalue weighted by Crippen LogP contribution is 2.45. The molecule has 0 aromatic heterocycles. The molecule has 1 aromatic rings. The van der Waals surface area contributed by atoms with E-state index in [0.717, 1.165) is 42.4 Å². The Bertz CT molecular complexity index is 488. The fraction of sp³-hybridized carbons (Fsp3) is 0.684. The number of phenolic OH excluding ortho intramolecular Hbond substituents is 2. The van der Waals surface area contributed by atoms with Gasteiger partial charge in [0.15, 0.2) is 0 Å². The molecule has 120 valence electrons. The SMILES string of the molecule is CCCCCc1c(O)cc(C(C)(C)C)c(O)c1C(C)(C)C. The quantitative estimate of drug-likeness (QED) is 0.574. The second kappa shape index (κ2) is 6.29. The van der Waals surface area contributed by atoms with Crippen LogP contribution in [0.4, 0.5) is 0 Å². The van der Waals surface area contributed by atoms with Crippen LogP contribution in [0.3, 0.4) is 0 Å². The van der Waals surface area contributed by atoms with E-state index in [4.69, 9.17) is 0 Å². The van der Waals surface area contributed by atoms with Crippen molar-refractivity contribution in [2.24, 2.45) is 0 Å². The average molecular weight is 292 g/mol. The van der Waals surface area contributed by atoms with Crippen LogP contribution in [0.2, 0.25) is 0 Å². The number of hydrogen-bond donors (Lipinski definition) is 2. The van der Waals surface area contributed by atoms with Gasteiger partial charge in [0.25, 0.3) is 0 Å². The van der Waals surface area contributed by atoms with E-state index < -0.39 is 0 Å². The summed E-state index contributed by atoms with van der Waals surface area (Å²) in [4.78, 5) is 0. The third kappa shape index (κ3) is 4.15. The standard InChI is InChI=1S/C19H32O2/c1-8-9-10-11-13-15(20)12-14(18(2,3)4)17(21)16(13)19(5,6)7/h12,20-21H,8-11H2,1-7H3. The molecule has 0 radical (unpaired) electrons. The van der Waals surface area contributed by atoms with Crippen molar-refractivity contribution in [3.63, 3.8) is 0 Å². The monoisotopic (exact) mass is 292 g/mol. The zero-order valence-electron chi connectivity index (χ0n) is 14.8. The van der Waals surface area contributed by atoms with Gasteiger partial charge in [-0.05, 0) is 29.7 Å². The van der Waals surface area contributed by atoms with Crippen LogP contribution in [0, 0.1) is 0 Å². The maximum absolute atomic E-state index is 10.8. The lowest BCUT2D eigenvalue weighted by atomic mass is 9.76. The summed E-state index contributed by atoms with van der Waals surface area (Å²) in [5, 5.41) is 21.3. The zero-order valence-corrected chi connectivity index (χ0v) is 14.8. The number of unbranched alkanes of at least 4 members (excludes halogenated alkanes) is 2. The van der Waals surface area contributed by atoms with Crippen molar-refractivity contribution in [1.29, 1.82) is 0 Å². The molecule has 2 nitrogen and oxygen atoms in total. The average Bonchev–Trinajstić information content (AvgIpc) is 2.30. The largest absolute Gasteiger partial charge is 0.508 e. The second-order valence-electron chi connectivity index (χ2n) is 8.10. The van der Waals surface area contributed by atoms with E-state index in [1.807, 2.05) is 0 Å². The Labute approximate surface area is 130 Å². The van der Waals surface area contributed by atoms with Crippen LogP contribution < -0.4 is 0 Å². The highest BCUT2D eigenvalue weighted by molar-refractivity contribution is 5.57. The summed E-state index contributed by atoms with van der Waals surface area (Å²) in [7, 11) is 0. The summed E-state index contributed by atoms with van der Waals surface area (Å²) in [6.45, 7) is 14.6. The zero-order chi connectivity index (χ0) is 16.4. The molecule has 2 heteroatoms. The molecule has 0 unspecified atom stereocenters. The lowest BCUT2D eigenvalue weighted by Crippen LogP contribution is -2.19. The summed E-state index contributed by atoms with van der Waals surface area (Å²) in [6, 6.07) is 1.76. The first-order valence-electron chi connectivity index (χ1n) is 8.09. The maximum Gasteiger partial charge on any atom is 0.123 e. The molecule has 1 aromatic carbocycles. The second-order valence-corrected chi connectivity index (χ2v) is 8.10. The number of phenols is 2. The molecular weight excluding hydrogens is 260 g/mol. The number of benzene rings is 1. The normalized spacial score (nSPS) is 12.7. The van der Waals surface area contributed by atoms with E-state index in [2.05, 4.69) is 48.5 Å². The van der Waals surface area contributed by atoms with E-state index in [9.17, 15) is 10.2 Å². The molecule has 0 fully saturated rings. The third-order valence-electron chi connectivity index (χ3n) is 3.97. The van der Waals surface area contributed by atoms with E-state index in [0.29, 0.717) is 11.5 Å². The van der Waals surface area contributed by atoms with Crippen LogP contribution >= 0.6 is 0 Å². The Morgan fingerprint density at radius 2 is 1.48 bits per heavy atom. The Hall–Kier alpha value is -1.18. The number of rotatable bonds is 4. The lowest BCUT2D eigenvalue weighted by Gasteiger charge is -2.30. The maximum atomic E-state index is 10.8. The van der Waals surface area contributed by atoms with E-state index in [1.165, 1.54) is 0 Å². The molecule has 0 aliphatic rings. The predicted molar refractivity (Wildman–Crippen MR) is 90.4 cm³/mol. The first kappa shape index (κ1) is 17.9. The molecule has 0 saturated heterocycles. The molecule has 21 heavy (non-hydrogen) atoms. The minimum atomic E-state index is -0.191. The molecule has 0 aliphatic carbocycles. The summed E-state index contributed by atoms with van der Waals surface area (Å²) in [5.74, 6) is 0.693. The number of hydrogen-bond acceptors (Lipinski definition) is 2. The van der Waals surface area contributed by atoms with Gasteiger partial charge in [0.05, 0.1) is 0 Å². The molecule has 0 atom stereocenters. The van der Waals surface area contributed by atoms with Gasteiger partial charge >= 0.3 is 0 Å². The molecule has 0 heterocycles. The van der Waals surface area contributed by atoms with Crippen molar-refractivity contribution < 1.29 is 10.2 Å². The van der Waals surface area contributed by atoms with Gasteiger partial charge < -0.3 is 10.2 Å². The molecule has 1 rings (SSSR count). The van der Waals surface area contributed by atoms with Crippen LogP contribution in [0.25, 0.3) is 0 Å². The first-order chi connectivity index (χ1) is 9.50. The van der Waals surface area contributed by atoms with Crippen LogP contribution in [0.15, 0.2) is 6.07 Å². The van der Waals surface area contributed by atoms with Gasteiger partial charge in [-0.3, -0.25) is 0 Å². The summed E-state index contributed by atoms with van der Waals surface area (Å²) < 4.78 is 0. The lowest BCUT2D eigenvalue weighted by molar-refractivity contribution is 0.406.